The van der Waals surface area contributed by atoms with E-state index in [1.54, 1.807) is 17.7 Å². The van der Waals surface area contributed by atoms with E-state index < -0.39 is 11.8 Å². The molecule has 0 radical (unpaired) electrons. The van der Waals surface area contributed by atoms with E-state index >= 15 is 0 Å². The van der Waals surface area contributed by atoms with Gasteiger partial charge in [-0.3, -0.25) is 9.36 Å². The van der Waals surface area contributed by atoms with Crippen LogP contribution in [0.3, 0.4) is 0 Å². The number of carbonyl (C=O) groups excluding carboxylic acids is 2. The normalized spacial score (nSPS) is 13.0. The van der Waals surface area contributed by atoms with Crippen LogP contribution in [0.1, 0.15) is 29.4 Å². The van der Waals surface area contributed by atoms with Gasteiger partial charge in [0, 0.05) is 9.90 Å². The SMILES string of the molecule is C#COC(=O)c1ncn2c1CN(C)C(=O)c1cc(F)ccc1-2.[HH].[HH]. The van der Waals surface area contributed by atoms with Gasteiger partial charge in [-0.05, 0) is 18.2 Å². The zero-order valence-electron chi connectivity index (χ0n) is 11.5. The van der Waals surface area contributed by atoms with E-state index in [2.05, 4.69) is 9.72 Å². The molecule has 0 saturated heterocycles. The molecule has 3 rings (SSSR count). The average Bonchev–Trinajstić information content (AvgIpc) is 2.86. The van der Waals surface area contributed by atoms with Crippen LogP contribution in [-0.4, -0.2) is 33.4 Å². The van der Waals surface area contributed by atoms with Gasteiger partial charge in [-0.15, -0.1) is 0 Å². The third-order valence-electron chi connectivity index (χ3n) is 3.39. The summed E-state index contributed by atoms with van der Waals surface area (Å²) in [4.78, 5) is 29.5. The average molecular weight is 303 g/mol. The van der Waals surface area contributed by atoms with E-state index in [1.165, 1.54) is 23.4 Å². The van der Waals surface area contributed by atoms with Crippen molar-refractivity contribution >= 4 is 11.9 Å². The summed E-state index contributed by atoms with van der Waals surface area (Å²) in [7, 11) is 1.55. The molecular weight excluding hydrogens is 289 g/mol. The Hall–Kier alpha value is -3.14. The number of hydrogen-bond donors (Lipinski definition) is 0. The molecule has 1 amide bonds. The first-order valence-electron chi connectivity index (χ1n) is 6.31. The minimum atomic E-state index is -0.775. The molecule has 0 fully saturated rings. The van der Waals surface area contributed by atoms with Gasteiger partial charge in [-0.25, -0.2) is 14.2 Å². The van der Waals surface area contributed by atoms with Crippen molar-refractivity contribution in [2.24, 2.45) is 0 Å². The lowest BCUT2D eigenvalue weighted by molar-refractivity contribution is 0.0677. The van der Waals surface area contributed by atoms with Crippen molar-refractivity contribution in [3.05, 3.63) is 47.3 Å². The quantitative estimate of drug-likeness (QED) is 0.595. The lowest BCUT2D eigenvalue weighted by Gasteiger charge is -2.14. The zero-order chi connectivity index (χ0) is 15.9. The van der Waals surface area contributed by atoms with Gasteiger partial charge in [0.15, 0.2) is 5.69 Å². The Labute approximate surface area is 128 Å². The number of terminal acetylenes is 1. The molecule has 0 bridgehead atoms. The standard InChI is InChI=1S/C15H10FN3O3.2H2/c1-3-22-15(21)13-12-7-18(2)14(20)10-6-9(16)4-5-11(10)19(12)8-17-13;;/h1,4-6,8H,7H2,2H3;2*1H. The number of ether oxygens (including phenoxy) is 1. The second-order valence-electron chi connectivity index (χ2n) is 4.74. The van der Waals surface area contributed by atoms with Crippen LogP contribution in [0.4, 0.5) is 4.39 Å². The number of aromatic nitrogens is 2. The number of nitrogens with zero attached hydrogens (tertiary/aromatic N) is 3. The zero-order valence-corrected chi connectivity index (χ0v) is 11.5. The summed E-state index contributed by atoms with van der Waals surface area (Å²) in [6.45, 7) is 0.115. The fourth-order valence-electron chi connectivity index (χ4n) is 2.40. The number of imidazole rings is 1. The highest BCUT2D eigenvalue weighted by Gasteiger charge is 2.29. The van der Waals surface area contributed by atoms with Gasteiger partial charge >= 0.3 is 5.97 Å². The minimum absolute atomic E-state index is 0. The van der Waals surface area contributed by atoms with Crippen LogP contribution < -0.4 is 0 Å². The molecule has 22 heavy (non-hydrogen) atoms. The van der Waals surface area contributed by atoms with E-state index in [4.69, 9.17) is 6.42 Å². The van der Waals surface area contributed by atoms with Gasteiger partial charge in [0.25, 0.3) is 5.91 Å². The Morgan fingerprint density at radius 3 is 3.05 bits per heavy atom. The first-order valence-corrected chi connectivity index (χ1v) is 6.31. The molecule has 1 aliphatic rings. The number of benzene rings is 1. The van der Waals surface area contributed by atoms with Crippen LogP contribution in [-0.2, 0) is 11.3 Å². The third-order valence-corrected chi connectivity index (χ3v) is 3.39. The number of halogens is 1. The van der Waals surface area contributed by atoms with Gasteiger partial charge in [-0.1, -0.05) is 6.42 Å². The molecule has 1 aromatic carbocycles. The Morgan fingerprint density at radius 2 is 2.32 bits per heavy atom. The predicted molar refractivity (Wildman–Crippen MR) is 77.8 cm³/mol. The van der Waals surface area contributed by atoms with Gasteiger partial charge in [0.1, 0.15) is 18.3 Å². The van der Waals surface area contributed by atoms with Crippen molar-refractivity contribution in [2.75, 3.05) is 7.05 Å². The molecule has 1 aromatic heterocycles. The van der Waals surface area contributed by atoms with E-state index in [1.807, 2.05) is 0 Å². The fourth-order valence-corrected chi connectivity index (χ4v) is 2.40. The largest absolute Gasteiger partial charge is 0.372 e. The highest BCUT2D eigenvalue weighted by molar-refractivity contribution is 5.99. The number of hydrogen-bond acceptors (Lipinski definition) is 4. The van der Waals surface area contributed by atoms with Crippen LogP contribution in [0.2, 0.25) is 0 Å². The first kappa shape index (κ1) is 13.8. The monoisotopic (exact) mass is 303 g/mol. The minimum Gasteiger partial charge on any atom is -0.368 e. The summed E-state index contributed by atoms with van der Waals surface area (Å²) in [5.41, 5.74) is 1.10. The molecule has 0 saturated carbocycles. The van der Waals surface area contributed by atoms with Crippen LogP contribution >= 0.6 is 0 Å². The van der Waals surface area contributed by atoms with Crippen molar-refractivity contribution in [1.29, 1.82) is 0 Å². The van der Waals surface area contributed by atoms with Crippen molar-refractivity contribution in [3.8, 4) is 18.2 Å². The van der Waals surface area contributed by atoms with Crippen LogP contribution in [0.25, 0.3) is 5.69 Å². The van der Waals surface area contributed by atoms with Gasteiger partial charge < -0.3 is 9.64 Å². The molecule has 114 valence electrons. The molecule has 1 aliphatic heterocycles. The molecule has 0 N–H and O–H groups in total. The van der Waals surface area contributed by atoms with Crippen molar-refractivity contribution in [3.63, 3.8) is 0 Å². The van der Waals surface area contributed by atoms with Crippen molar-refractivity contribution in [2.45, 2.75) is 6.54 Å². The van der Waals surface area contributed by atoms with E-state index in [0.717, 1.165) is 6.07 Å². The number of fused-ring (bicyclic) bond motifs is 3. The molecule has 0 atom stereocenters. The highest BCUT2D eigenvalue weighted by atomic mass is 19.1. The Bertz CT molecular complexity index is 845. The highest BCUT2D eigenvalue weighted by Crippen LogP contribution is 2.26. The summed E-state index contributed by atoms with van der Waals surface area (Å²) in [5.74, 6) is -1.65. The third kappa shape index (κ3) is 2.02. The Morgan fingerprint density at radius 1 is 1.55 bits per heavy atom. The van der Waals surface area contributed by atoms with Gasteiger partial charge in [-0.2, -0.15) is 0 Å². The van der Waals surface area contributed by atoms with Crippen molar-refractivity contribution < 1.29 is 21.6 Å². The fraction of sp³-hybridized carbons (Fsp3) is 0.133. The summed E-state index contributed by atoms with van der Waals surface area (Å²) < 4.78 is 19.5. The maximum absolute atomic E-state index is 13.4. The molecule has 2 aromatic rings. The van der Waals surface area contributed by atoms with Gasteiger partial charge in [0.2, 0.25) is 0 Å². The van der Waals surface area contributed by atoms with Crippen LogP contribution in [0.15, 0.2) is 24.5 Å². The molecule has 0 unspecified atom stereocenters. The number of esters is 1. The second-order valence-corrected chi connectivity index (χ2v) is 4.74. The van der Waals surface area contributed by atoms with Crippen molar-refractivity contribution in [1.82, 2.24) is 14.5 Å². The van der Waals surface area contributed by atoms with E-state index in [9.17, 15) is 14.0 Å². The lowest BCUT2D eigenvalue weighted by atomic mass is 10.1. The Kier molecular flexibility index (Phi) is 3.14. The number of rotatable bonds is 1. The van der Waals surface area contributed by atoms with Crippen LogP contribution in [0.5, 0.6) is 0 Å². The molecule has 0 aliphatic carbocycles. The van der Waals surface area contributed by atoms with E-state index in [-0.39, 0.29) is 26.6 Å². The van der Waals surface area contributed by atoms with Crippen LogP contribution in [0, 0.1) is 18.3 Å². The Balaban J connectivity index is 0.00000144. The summed E-state index contributed by atoms with van der Waals surface area (Å²) in [5, 5.41) is 0. The summed E-state index contributed by atoms with van der Waals surface area (Å²) in [6, 6.07) is 3.85. The van der Waals surface area contributed by atoms with E-state index in [0.29, 0.717) is 11.4 Å². The summed E-state index contributed by atoms with van der Waals surface area (Å²) in [6.07, 6.45) is 8.13. The maximum Gasteiger partial charge on any atom is 0.372 e. The molecule has 6 nitrogen and oxygen atoms in total. The topological polar surface area (TPSA) is 64.4 Å². The van der Waals surface area contributed by atoms with Gasteiger partial charge in [0.05, 0.1) is 23.5 Å². The number of amides is 1. The second kappa shape index (κ2) is 5.00. The summed E-state index contributed by atoms with van der Waals surface area (Å²) >= 11 is 0. The molecule has 7 heteroatoms. The molecule has 0 spiro atoms. The smallest absolute Gasteiger partial charge is 0.368 e. The molecule has 2 heterocycles. The molecular formula is C15H14FN3O3. The maximum atomic E-state index is 13.4. The lowest BCUT2D eigenvalue weighted by Crippen LogP contribution is -2.25. The number of carbonyl (C=O) groups is 2. The predicted octanol–water partition coefficient (Wildman–Crippen LogP) is 1.84. The first-order chi connectivity index (χ1) is 10.5.